The number of methoxy groups -OCH3 is 1. The lowest BCUT2D eigenvalue weighted by molar-refractivity contribution is -0.137. The second-order valence-corrected chi connectivity index (χ2v) is 7.16. The van der Waals surface area contributed by atoms with Crippen LogP contribution in [0.2, 0.25) is 0 Å². The van der Waals surface area contributed by atoms with Crippen molar-refractivity contribution in [3.63, 3.8) is 0 Å². The molecule has 0 saturated heterocycles. The number of benzene rings is 3. The summed E-state index contributed by atoms with van der Waals surface area (Å²) in [5.74, 6) is 4.04. The van der Waals surface area contributed by atoms with Gasteiger partial charge >= 0.3 is 0 Å². The number of Topliss-reactive ketones (excluding diaryl/α,β-unsaturated/α-hetero) is 1. The molecule has 0 heterocycles. The lowest BCUT2D eigenvalue weighted by Gasteiger charge is -2.08. The van der Waals surface area contributed by atoms with E-state index in [1.807, 2.05) is 24.3 Å². The van der Waals surface area contributed by atoms with Crippen LogP contribution >= 0.6 is 0 Å². The second-order valence-electron chi connectivity index (χ2n) is 7.16. The van der Waals surface area contributed by atoms with E-state index < -0.39 is 11.7 Å². The molecule has 0 aromatic heterocycles. The maximum atomic E-state index is 12.2. The topological polar surface area (TPSA) is 73.9 Å². The van der Waals surface area contributed by atoms with Crippen LogP contribution in [0.15, 0.2) is 72.8 Å². The molecule has 168 valence electrons. The molecule has 3 aromatic carbocycles. The lowest BCUT2D eigenvalue weighted by atomic mass is 10.1. The monoisotopic (exact) mass is 443 g/mol. The summed E-state index contributed by atoms with van der Waals surface area (Å²) in [4.78, 5) is 24.4. The van der Waals surface area contributed by atoms with Crippen LogP contribution < -0.4 is 19.5 Å². The number of ether oxygens (including phenoxy) is 3. The minimum Gasteiger partial charge on any atom is -0.497 e. The molecule has 33 heavy (non-hydrogen) atoms. The SMILES string of the molecule is C#CCOc1ccc(Oc2ccc(CC(=O)C(=O)NCCc3ccc(OC)cc3)cc2)cc1. The van der Waals surface area contributed by atoms with Crippen LogP contribution in [-0.2, 0) is 22.4 Å². The first-order valence-electron chi connectivity index (χ1n) is 10.4. The van der Waals surface area contributed by atoms with Gasteiger partial charge in [0, 0.05) is 13.0 Å². The minimum absolute atomic E-state index is 0.0237. The summed E-state index contributed by atoms with van der Waals surface area (Å²) in [6.45, 7) is 0.595. The third-order valence-electron chi connectivity index (χ3n) is 4.78. The summed E-state index contributed by atoms with van der Waals surface area (Å²) >= 11 is 0. The van der Waals surface area contributed by atoms with Gasteiger partial charge in [0.1, 0.15) is 29.6 Å². The Morgan fingerprint density at radius 2 is 1.36 bits per heavy atom. The molecule has 0 saturated carbocycles. The maximum absolute atomic E-state index is 12.2. The van der Waals surface area contributed by atoms with Crippen molar-refractivity contribution in [2.45, 2.75) is 12.8 Å². The highest BCUT2D eigenvalue weighted by Crippen LogP contribution is 2.24. The molecule has 6 nitrogen and oxygen atoms in total. The number of nitrogens with one attached hydrogen (secondary N) is 1. The largest absolute Gasteiger partial charge is 0.497 e. The quantitative estimate of drug-likeness (QED) is 0.359. The molecule has 0 unspecified atom stereocenters. The van der Waals surface area contributed by atoms with E-state index >= 15 is 0 Å². The van der Waals surface area contributed by atoms with Crippen LogP contribution in [0.5, 0.6) is 23.0 Å². The fraction of sp³-hybridized carbons (Fsp3) is 0.185. The number of amides is 1. The predicted octanol–water partition coefficient (Wildman–Crippen LogP) is 3.97. The molecule has 0 fully saturated rings. The number of terminal acetylenes is 1. The number of hydrogen-bond acceptors (Lipinski definition) is 5. The molecule has 3 rings (SSSR count). The van der Waals surface area contributed by atoms with Crippen molar-refractivity contribution in [1.82, 2.24) is 5.32 Å². The summed E-state index contributed by atoms with van der Waals surface area (Å²) in [6.07, 6.45) is 5.83. The summed E-state index contributed by atoms with van der Waals surface area (Å²) in [6, 6.07) is 21.7. The summed E-state index contributed by atoms with van der Waals surface area (Å²) in [5, 5.41) is 2.68. The molecule has 0 aliphatic carbocycles. The van der Waals surface area contributed by atoms with Gasteiger partial charge in [0.25, 0.3) is 5.91 Å². The van der Waals surface area contributed by atoms with E-state index in [0.29, 0.717) is 30.2 Å². The smallest absolute Gasteiger partial charge is 0.287 e. The highest BCUT2D eigenvalue weighted by molar-refractivity contribution is 6.36. The number of ketones is 1. The zero-order valence-corrected chi connectivity index (χ0v) is 18.4. The Kier molecular flexibility index (Phi) is 8.49. The molecule has 0 radical (unpaired) electrons. The normalized spacial score (nSPS) is 10.1. The standard InChI is InChI=1S/C27H25NO5/c1-3-18-32-23-12-14-25(15-13-23)33-24-10-6-21(7-11-24)19-26(29)27(30)28-17-16-20-4-8-22(31-2)9-5-20/h1,4-15H,16-19H2,2H3,(H,28,30). The van der Waals surface area contributed by atoms with Crippen molar-refractivity contribution in [2.75, 3.05) is 20.3 Å². The number of hydrogen-bond donors (Lipinski definition) is 1. The van der Waals surface area contributed by atoms with Crippen LogP contribution in [0.25, 0.3) is 0 Å². The molecule has 0 atom stereocenters. The van der Waals surface area contributed by atoms with Gasteiger partial charge in [-0.2, -0.15) is 0 Å². The Hall–Kier alpha value is -4.24. The molecule has 0 aliphatic rings. The van der Waals surface area contributed by atoms with Crippen molar-refractivity contribution >= 4 is 11.7 Å². The van der Waals surface area contributed by atoms with Gasteiger partial charge < -0.3 is 19.5 Å². The van der Waals surface area contributed by atoms with E-state index in [0.717, 1.165) is 16.9 Å². The van der Waals surface area contributed by atoms with Gasteiger partial charge in [-0.3, -0.25) is 9.59 Å². The molecule has 0 spiro atoms. The van der Waals surface area contributed by atoms with Gasteiger partial charge in [-0.15, -0.1) is 6.42 Å². The Bertz CT molecular complexity index is 1100. The first-order chi connectivity index (χ1) is 16.1. The highest BCUT2D eigenvalue weighted by Gasteiger charge is 2.14. The van der Waals surface area contributed by atoms with Crippen molar-refractivity contribution in [3.8, 4) is 35.3 Å². The Labute approximate surface area is 193 Å². The van der Waals surface area contributed by atoms with Crippen molar-refractivity contribution in [1.29, 1.82) is 0 Å². The number of carbonyl (C=O) groups excluding carboxylic acids is 2. The second kappa shape index (κ2) is 12.0. The number of carbonyl (C=O) groups is 2. The molecule has 1 amide bonds. The van der Waals surface area contributed by atoms with Crippen LogP contribution in [-0.4, -0.2) is 32.0 Å². The van der Waals surface area contributed by atoms with E-state index in [2.05, 4.69) is 11.2 Å². The third kappa shape index (κ3) is 7.44. The number of rotatable bonds is 11. The van der Waals surface area contributed by atoms with Crippen molar-refractivity contribution in [2.24, 2.45) is 0 Å². The van der Waals surface area contributed by atoms with E-state index in [1.165, 1.54) is 0 Å². The average molecular weight is 443 g/mol. The summed E-state index contributed by atoms with van der Waals surface area (Å²) in [5.41, 5.74) is 1.78. The first-order valence-corrected chi connectivity index (χ1v) is 10.4. The third-order valence-corrected chi connectivity index (χ3v) is 4.78. The molecule has 1 N–H and O–H groups in total. The Morgan fingerprint density at radius 1 is 0.818 bits per heavy atom. The summed E-state index contributed by atoms with van der Waals surface area (Å²) in [7, 11) is 1.61. The zero-order valence-electron chi connectivity index (χ0n) is 18.4. The Morgan fingerprint density at radius 3 is 1.97 bits per heavy atom. The fourth-order valence-corrected chi connectivity index (χ4v) is 3.02. The zero-order chi connectivity index (χ0) is 23.5. The van der Waals surface area contributed by atoms with Gasteiger partial charge in [0.15, 0.2) is 0 Å². The molecule has 6 heteroatoms. The highest BCUT2D eigenvalue weighted by atomic mass is 16.5. The van der Waals surface area contributed by atoms with E-state index in [4.69, 9.17) is 20.6 Å². The van der Waals surface area contributed by atoms with Gasteiger partial charge in [-0.25, -0.2) is 0 Å². The fourth-order valence-electron chi connectivity index (χ4n) is 3.02. The first kappa shape index (κ1) is 23.4. The predicted molar refractivity (Wildman–Crippen MR) is 126 cm³/mol. The average Bonchev–Trinajstić information content (AvgIpc) is 2.85. The Balaban J connectivity index is 1.44. The molecule has 0 bridgehead atoms. The van der Waals surface area contributed by atoms with Crippen molar-refractivity contribution < 1.29 is 23.8 Å². The van der Waals surface area contributed by atoms with Crippen LogP contribution in [0.4, 0.5) is 0 Å². The maximum Gasteiger partial charge on any atom is 0.287 e. The van der Waals surface area contributed by atoms with Gasteiger partial charge in [0.2, 0.25) is 5.78 Å². The van der Waals surface area contributed by atoms with Crippen LogP contribution in [0, 0.1) is 12.3 Å². The van der Waals surface area contributed by atoms with Crippen molar-refractivity contribution in [3.05, 3.63) is 83.9 Å². The van der Waals surface area contributed by atoms with Crippen LogP contribution in [0.3, 0.4) is 0 Å². The van der Waals surface area contributed by atoms with E-state index in [9.17, 15) is 9.59 Å². The van der Waals surface area contributed by atoms with E-state index in [1.54, 1.807) is 55.6 Å². The summed E-state index contributed by atoms with van der Waals surface area (Å²) < 4.78 is 16.2. The minimum atomic E-state index is -0.587. The molecular weight excluding hydrogens is 418 g/mol. The van der Waals surface area contributed by atoms with Gasteiger partial charge in [-0.05, 0) is 66.1 Å². The van der Waals surface area contributed by atoms with Gasteiger partial charge in [0.05, 0.1) is 7.11 Å². The van der Waals surface area contributed by atoms with E-state index in [-0.39, 0.29) is 13.0 Å². The lowest BCUT2D eigenvalue weighted by Crippen LogP contribution is -2.33. The molecule has 3 aromatic rings. The molecule has 0 aliphatic heterocycles. The van der Waals surface area contributed by atoms with Gasteiger partial charge in [-0.1, -0.05) is 30.2 Å². The molecular formula is C27H25NO5. The van der Waals surface area contributed by atoms with Crippen LogP contribution in [0.1, 0.15) is 11.1 Å².